The van der Waals surface area contributed by atoms with Crippen molar-refractivity contribution in [2.75, 3.05) is 12.8 Å². The van der Waals surface area contributed by atoms with Gasteiger partial charge in [-0.05, 0) is 11.6 Å². The topological polar surface area (TPSA) is 46.3 Å². The summed E-state index contributed by atoms with van der Waals surface area (Å²) in [6, 6.07) is 6.94. The Labute approximate surface area is 103 Å². The number of benzene rings is 1. The molecule has 100 valence electrons. The Hall–Kier alpha value is -1.72. The summed E-state index contributed by atoms with van der Waals surface area (Å²) in [5.74, 6) is -0.546. The number of hydrogen-bond donors (Lipinski definition) is 1. The van der Waals surface area contributed by atoms with Crippen LogP contribution in [0.15, 0.2) is 24.3 Å². The molecule has 0 radical (unpaired) electrons. The van der Waals surface area contributed by atoms with Crippen LogP contribution in [0.5, 0.6) is 0 Å². The molecule has 18 heavy (non-hydrogen) atoms. The summed E-state index contributed by atoms with van der Waals surface area (Å²) in [6.45, 7) is 0.212. The van der Waals surface area contributed by atoms with Gasteiger partial charge < -0.3 is 10.6 Å². The highest BCUT2D eigenvalue weighted by atomic mass is 19.4. The van der Waals surface area contributed by atoms with Crippen molar-refractivity contribution in [3.05, 3.63) is 29.8 Å². The molecule has 0 heterocycles. The maximum Gasteiger partial charge on any atom is 0.389 e. The van der Waals surface area contributed by atoms with Gasteiger partial charge in [-0.1, -0.05) is 18.2 Å². The van der Waals surface area contributed by atoms with Gasteiger partial charge in [0.05, 0.1) is 6.42 Å². The fraction of sp³-hybridized carbons (Fsp3) is 0.417. The SMILES string of the molecule is CN(Cc1ccccc1N)C(=O)CCC(F)(F)F. The highest BCUT2D eigenvalue weighted by molar-refractivity contribution is 5.76. The van der Waals surface area contributed by atoms with Crippen LogP contribution in [-0.4, -0.2) is 24.0 Å². The molecule has 1 rings (SSSR count). The van der Waals surface area contributed by atoms with Gasteiger partial charge in [-0.15, -0.1) is 0 Å². The summed E-state index contributed by atoms with van der Waals surface area (Å²) in [6.07, 6.45) is -5.94. The fourth-order valence-electron chi connectivity index (χ4n) is 1.46. The van der Waals surface area contributed by atoms with Crippen LogP contribution in [0.3, 0.4) is 0 Å². The van der Waals surface area contributed by atoms with Gasteiger partial charge in [0, 0.05) is 25.7 Å². The third-order valence-corrected chi connectivity index (χ3v) is 2.51. The first-order chi connectivity index (χ1) is 8.29. The number of halogens is 3. The number of anilines is 1. The number of carbonyl (C=O) groups is 1. The Morgan fingerprint density at radius 2 is 1.94 bits per heavy atom. The maximum atomic E-state index is 12.0. The summed E-state index contributed by atoms with van der Waals surface area (Å²) < 4.78 is 35.9. The van der Waals surface area contributed by atoms with Crippen LogP contribution >= 0.6 is 0 Å². The molecule has 3 nitrogen and oxygen atoms in total. The molecule has 0 fully saturated rings. The lowest BCUT2D eigenvalue weighted by Gasteiger charge is -2.18. The Morgan fingerprint density at radius 1 is 1.33 bits per heavy atom. The van der Waals surface area contributed by atoms with E-state index in [1.807, 2.05) is 0 Å². The quantitative estimate of drug-likeness (QED) is 0.846. The van der Waals surface area contributed by atoms with E-state index in [2.05, 4.69) is 0 Å². The fourth-order valence-corrected chi connectivity index (χ4v) is 1.46. The highest BCUT2D eigenvalue weighted by Gasteiger charge is 2.28. The van der Waals surface area contributed by atoms with Crippen molar-refractivity contribution < 1.29 is 18.0 Å². The lowest BCUT2D eigenvalue weighted by atomic mass is 10.1. The molecule has 0 saturated heterocycles. The second kappa shape index (κ2) is 5.75. The van der Waals surface area contributed by atoms with Crippen molar-refractivity contribution in [3.63, 3.8) is 0 Å². The van der Waals surface area contributed by atoms with Gasteiger partial charge in [0.2, 0.25) is 5.91 Å². The van der Waals surface area contributed by atoms with Crippen LogP contribution in [0.25, 0.3) is 0 Å². The molecule has 0 bridgehead atoms. The number of nitrogens with zero attached hydrogens (tertiary/aromatic N) is 1. The van der Waals surface area contributed by atoms with Gasteiger partial charge in [-0.25, -0.2) is 0 Å². The van der Waals surface area contributed by atoms with Crippen LogP contribution in [0.4, 0.5) is 18.9 Å². The number of rotatable bonds is 4. The molecule has 0 spiro atoms. The van der Waals surface area contributed by atoms with Gasteiger partial charge in [0.1, 0.15) is 0 Å². The van der Waals surface area contributed by atoms with Gasteiger partial charge in [0.25, 0.3) is 0 Å². The summed E-state index contributed by atoms with van der Waals surface area (Å²) in [7, 11) is 1.46. The van der Waals surface area contributed by atoms with Crippen LogP contribution in [0, 0.1) is 0 Å². The zero-order valence-corrected chi connectivity index (χ0v) is 10.00. The number of alkyl halides is 3. The van der Waals surface area contributed by atoms with Crippen molar-refractivity contribution in [1.82, 2.24) is 4.90 Å². The average molecular weight is 260 g/mol. The van der Waals surface area contributed by atoms with Crippen molar-refractivity contribution in [1.29, 1.82) is 0 Å². The van der Waals surface area contributed by atoms with Crippen LogP contribution in [0.1, 0.15) is 18.4 Å². The molecule has 0 unspecified atom stereocenters. The molecule has 0 aliphatic carbocycles. The van der Waals surface area contributed by atoms with E-state index in [1.54, 1.807) is 24.3 Å². The predicted molar refractivity (Wildman–Crippen MR) is 62.6 cm³/mol. The van der Waals surface area contributed by atoms with E-state index in [0.717, 1.165) is 5.56 Å². The maximum absolute atomic E-state index is 12.0. The highest BCUT2D eigenvalue weighted by Crippen LogP contribution is 2.22. The minimum atomic E-state index is -4.30. The number of amides is 1. The summed E-state index contributed by atoms with van der Waals surface area (Å²) in [5, 5.41) is 0. The molecule has 6 heteroatoms. The number of nitrogens with two attached hydrogens (primary N) is 1. The molecule has 1 aromatic carbocycles. The third kappa shape index (κ3) is 4.65. The zero-order chi connectivity index (χ0) is 13.8. The number of para-hydroxylation sites is 1. The van der Waals surface area contributed by atoms with Crippen LogP contribution < -0.4 is 5.73 Å². The standard InChI is InChI=1S/C12H15F3N2O/c1-17(11(18)6-7-12(13,14)15)8-9-4-2-3-5-10(9)16/h2-5H,6-8,16H2,1H3. The molecule has 2 N–H and O–H groups in total. The Bertz CT molecular complexity index is 418. The smallest absolute Gasteiger partial charge is 0.389 e. The average Bonchev–Trinajstić information content (AvgIpc) is 2.28. The normalized spacial score (nSPS) is 11.3. The molecule has 0 saturated carbocycles. The zero-order valence-electron chi connectivity index (χ0n) is 10.00. The van der Waals surface area contributed by atoms with Crippen LogP contribution in [0.2, 0.25) is 0 Å². The molecule has 0 aliphatic rings. The van der Waals surface area contributed by atoms with Crippen molar-refractivity contribution in [3.8, 4) is 0 Å². The van der Waals surface area contributed by atoms with Gasteiger partial charge in [0.15, 0.2) is 0 Å². The Balaban J connectivity index is 2.53. The monoisotopic (exact) mass is 260 g/mol. The largest absolute Gasteiger partial charge is 0.398 e. The van der Waals surface area contributed by atoms with E-state index in [1.165, 1.54) is 11.9 Å². The number of nitrogen functional groups attached to an aromatic ring is 1. The van der Waals surface area contributed by atoms with E-state index in [-0.39, 0.29) is 6.54 Å². The number of hydrogen-bond acceptors (Lipinski definition) is 2. The third-order valence-electron chi connectivity index (χ3n) is 2.51. The van der Waals surface area contributed by atoms with Crippen molar-refractivity contribution >= 4 is 11.6 Å². The van der Waals surface area contributed by atoms with Crippen LogP contribution in [-0.2, 0) is 11.3 Å². The molecule has 1 amide bonds. The van der Waals surface area contributed by atoms with Crippen molar-refractivity contribution in [2.45, 2.75) is 25.6 Å². The van der Waals surface area contributed by atoms with E-state index < -0.39 is 24.9 Å². The van der Waals surface area contributed by atoms with Crippen molar-refractivity contribution in [2.24, 2.45) is 0 Å². The first-order valence-corrected chi connectivity index (χ1v) is 5.43. The second-order valence-electron chi connectivity index (χ2n) is 4.06. The van der Waals surface area contributed by atoms with Gasteiger partial charge in [-0.3, -0.25) is 4.79 Å². The number of carbonyl (C=O) groups excluding carboxylic acids is 1. The molecule has 0 aromatic heterocycles. The van der Waals surface area contributed by atoms with Gasteiger partial charge in [-0.2, -0.15) is 13.2 Å². The molecule has 0 aliphatic heterocycles. The van der Waals surface area contributed by atoms with E-state index in [4.69, 9.17) is 5.73 Å². The lowest BCUT2D eigenvalue weighted by molar-refractivity contribution is -0.148. The first-order valence-electron chi connectivity index (χ1n) is 5.43. The molecule has 0 atom stereocenters. The molecule has 1 aromatic rings. The first kappa shape index (κ1) is 14.3. The Morgan fingerprint density at radius 3 is 2.50 bits per heavy atom. The predicted octanol–water partition coefficient (Wildman–Crippen LogP) is 2.57. The summed E-state index contributed by atoms with van der Waals surface area (Å²) in [4.78, 5) is 12.7. The molecular formula is C12H15F3N2O. The Kier molecular flexibility index (Phi) is 4.58. The van der Waals surface area contributed by atoms with E-state index >= 15 is 0 Å². The summed E-state index contributed by atoms with van der Waals surface area (Å²) in [5.41, 5.74) is 6.94. The summed E-state index contributed by atoms with van der Waals surface area (Å²) >= 11 is 0. The molecular weight excluding hydrogens is 245 g/mol. The lowest BCUT2D eigenvalue weighted by Crippen LogP contribution is -2.27. The minimum absolute atomic E-state index is 0.212. The van der Waals surface area contributed by atoms with E-state index in [0.29, 0.717) is 5.69 Å². The second-order valence-corrected chi connectivity index (χ2v) is 4.06. The van der Waals surface area contributed by atoms with Gasteiger partial charge >= 0.3 is 6.18 Å². The minimum Gasteiger partial charge on any atom is -0.398 e. The van der Waals surface area contributed by atoms with E-state index in [9.17, 15) is 18.0 Å².